The molecule has 1 heterocycles. The highest BCUT2D eigenvalue weighted by molar-refractivity contribution is 9.11. The second-order valence-corrected chi connectivity index (χ2v) is 10.3. The molecule has 7 nitrogen and oxygen atoms in total. The van der Waals surface area contributed by atoms with Crippen LogP contribution in [0.15, 0.2) is 99.0 Å². The van der Waals surface area contributed by atoms with Crippen LogP contribution in [0.3, 0.4) is 0 Å². The Labute approximate surface area is 245 Å². The van der Waals surface area contributed by atoms with E-state index in [-0.39, 0.29) is 17.0 Å². The number of rotatable bonds is 7. The van der Waals surface area contributed by atoms with Gasteiger partial charge in [-0.3, -0.25) is 4.79 Å². The van der Waals surface area contributed by atoms with Crippen LogP contribution in [0, 0.1) is 5.82 Å². The van der Waals surface area contributed by atoms with Crippen LogP contribution in [0.5, 0.6) is 11.5 Å². The highest BCUT2D eigenvalue weighted by atomic mass is 79.9. The molecule has 0 atom stereocenters. The molecule has 1 aromatic heterocycles. The zero-order valence-corrected chi connectivity index (χ0v) is 24.0. The number of aromatic amines is 1. The summed E-state index contributed by atoms with van der Waals surface area (Å²) in [6.07, 6.45) is 1.35. The van der Waals surface area contributed by atoms with Crippen molar-refractivity contribution in [3.8, 4) is 22.6 Å². The Bertz CT molecular complexity index is 1770. The van der Waals surface area contributed by atoms with Crippen LogP contribution in [0.4, 0.5) is 4.39 Å². The van der Waals surface area contributed by atoms with Gasteiger partial charge in [0.05, 0.1) is 28.9 Å². The lowest BCUT2D eigenvalue weighted by Crippen LogP contribution is -2.19. The first kappa shape index (κ1) is 27.3. The first-order chi connectivity index (χ1) is 19.4. The van der Waals surface area contributed by atoms with Gasteiger partial charge in [-0.15, -0.1) is 0 Å². The first-order valence-corrected chi connectivity index (χ1v) is 13.5. The second-order valence-electron chi connectivity index (χ2n) is 8.53. The predicted molar refractivity (Wildman–Crippen MR) is 159 cm³/mol. The van der Waals surface area contributed by atoms with Crippen LogP contribution in [0.1, 0.15) is 26.4 Å². The number of nitrogens with zero attached hydrogens (tertiary/aromatic N) is 1. The van der Waals surface area contributed by atoms with Crippen LogP contribution in [0.25, 0.3) is 22.0 Å². The van der Waals surface area contributed by atoms with E-state index in [4.69, 9.17) is 9.47 Å². The number of hydrogen-bond acceptors (Lipinski definition) is 5. The molecule has 1 amide bonds. The number of H-pyrrole nitrogens is 1. The average Bonchev–Trinajstić information content (AvgIpc) is 3.36. The SMILES string of the molecule is COc1cccc(C(=O)Oc2c(Br)cc(Br)cc2C=NNC(=O)c2[nH]c3c(F)cccc3c2-c2ccccc2)c1. The molecule has 200 valence electrons. The van der Waals surface area contributed by atoms with Gasteiger partial charge in [-0.05, 0) is 57.9 Å². The summed E-state index contributed by atoms with van der Waals surface area (Å²) in [6, 6.07) is 23.9. The summed E-state index contributed by atoms with van der Waals surface area (Å²) in [4.78, 5) is 29.0. The van der Waals surface area contributed by atoms with Gasteiger partial charge in [-0.2, -0.15) is 5.10 Å². The van der Waals surface area contributed by atoms with Crippen molar-refractivity contribution >= 4 is 60.9 Å². The van der Waals surface area contributed by atoms with Crippen LogP contribution < -0.4 is 14.9 Å². The fraction of sp³-hybridized carbons (Fsp3) is 0.0333. The maximum absolute atomic E-state index is 14.6. The number of carbonyl (C=O) groups is 2. The lowest BCUT2D eigenvalue weighted by Gasteiger charge is -2.11. The minimum Gasteiger partial charge on any atom is -0.497 e. The molecule has 0 aliphatic rings. The molecule has 5 aromatic rings. The van der Waals surface area contributed by atoms with Gasteiger partial charge < -0.3 is 14.5 Å². The summed E-state index contributed by atoms with van der Waals surface area (Å²) in [5, 5.41) is 4.68. The van der Waals surface area contributed by atoms with E-state index >= 15 is 0 Å². The van der Waals surface area contributed by atoms with Crippen molar-refractivity contribution in [2.24, 2.45) is 5.10 Å². The number of ether oxygens (including phenoxy) is 2. The molecular formula is C30H20Br2FN3O4. The smallest absolute Gasteiger partial charge is 0.343 e. The Hall–Kier alpha value is -4.28. The number of benzene rings is 4. The summed E-state index contributed by atoms with van der Waals surface area (Å²) in [5.41, 5.74) is 4.88. The molecule has 0 saturated heterocycles. The number of aromatic nitrogens is 1. The van der Waals surface area contributed by atoms with Gasteiger partial charge >= 0.3 is 5.97 Å². The van der Waals surface area contributed by atoms with Gasteiger partial charge in [0, 0.05) is 21.0 Å². The molecule has 0 bridgehead atoms. The molecule has 10 heteroatoms. The van der Waals surface area contributed by atoms with Crippen LogP contribution in [-0.4, -0.2) is 30.2 Å². The van der Waals surface area contributed by atoms with Crippen molar-refractivity contribution in [1.29, 1.82) is 0 Å². The lowest BCUT2D eigenvalue weighted by atomic mass is 10.0. The number of amides is 1. The number of fused-ring (bicyclic) bond motifs is 1. The summed E-state index contributed by atoms with van der Waals surface area (Å²) in [5.74, 6) is -0.936. The van der Waals surface area contributed by atoms with Crippen molar-refractivity contribution in [3.63, 3.8) is 0 Å². The zero-order valence-electron chi connectivity index (χ0n) is 20.9. The first-order valence-electron chi connectivity index (χ1n) is 11.9. The zero-order chi connectivity index (χ0) is 28.2. The number of hydrogen-bond donors (Lipinski definition) is 2. The largest absolute Gasteiger partial charge is 0.497 e. The molecule has 0 radical (unpaired) electrons. The van der Waals surface area contributed by atoms with Gasteiger partial charge in [-0.25, -0.2) is 14.6 Å². The molecular weight excluding hydrogens is 645 g/mol. The lowest BCUT2D eigenvalue weighted by molar-refractivity contribution is 0.0732. The number of halogens is 3. The molecule has 0 unspecified atom stereocenters. The van der Waals surface area contributed by atoms with Gasteiger partial charge in [0.25, 0.3) is 5.91 Å². The minimum absolute atomic E-state index is 0.156. The fourth-order valence-corrected chi connectivity index (χ4v) is 5.50. The number of para-hydroxylation sites is 1. The Morgan fingerprint density at radius 3 is 2.52 bits per heavy atom. The van der Waals surface area contributed by atoms with Crippen molar-refractivity contribution in [3.05, 3.63) is 117 Å². The number of esters is 1. The predicted octanol–water partition coefficient (Wildman–Crippen LogP) is 7.49. The fourth-order valence-electron chi connectivity index (χ4n) is 4.16. The molecule has 0 aliphatic carbocycles. The Morgan fingerprint density at radius 1 is 0.975 bits per heavy atom. The molecule has 4 aromatic carbocycles. The Kier molecular flexibility index (Phi) is 8.09. The van der Waals surface area contributed by atoms with E-state index in [9.17, 15) is 14.0 Å². The molecule has 0 aliphatic heterocycles. The minimum atomic E-state index is -0.604. The van der Waals surface area contributed by atoms with E-state index in [0.717, 1.165) is 5.56 Å². The van der Waals surface area contributed by atoms with Crippen LogP contribution >= 0.6 is 31.9 Å². The molecule has 40 heavy (non-hydrogen) atoms. The summed E-state index contributed by atoms with van der Waals surface area (Å²) < 4.78 is 26.6. The Morgan fingerprint density at radius 2 is 1.75 bits per heavy atom. The van der Waals surface area contributed by atoms with Crippen molar-refractivity contribution in [2.75, 3.05) is 7.11 Å². The molecule has 0 spiro atoms. The molecule has 5 rings (SSSR count). The van der Waals surface area contributed by atoms with Crippen molar-refractivity contribution in [2.45, 2.75) is 0 Å². The van der Waals surface area contributed by atoms with Crippen LogP contribution in [-0.2, 0) is 0 Å². The molecule has 2 N–H and O–H groups in total. The number of methoxy groups -OCH3 is 1. The van der Waals surface area contributed by atoms with E-state index in [0.29, 0.717) is 36.8 Å². The number of nitrogens with one attached hydrogen (secondary N) is 2. The third-order valence-electron chi connectivity index (χ3n) is 5.98. The number of carbonyl (C=O) groups excluding carboxylic acids is 2. The van der Waals surface area contributed by atoms with E-state index in [1.54, 1.807) is 48.5 Å². The van der Waals surface area contributed by atoms with Gasteiger partial charge in [-0.1, -0.05) is 64.5 Å². The van der Waals surface area contributed by atoms with E-state index in [1.807, 2.05) is 30.3 Å². The summed E-state index contributed by atoms with van der Waals surface area (Å²) >= 11 is 6.85. The molecule has 0 saturated carbocycles. The van der Waals surface area contributed by atoms with E-state index in [2.05, 4.69) is 47.4 Å². The third kappa shape index (κ3) is 5.68. The standard InChI is InChI=1S/C30H20Br2FN3O4/c1-39-21-10-5-9-18(14-21)30(38)40-28-19(13-20(31)15-23(28)32)16-34-36-29(37)27-25(17-7-3-2-4-8-17)22-11-6-12-24(33)26(22)35-27/h2-16,35H,1H3,(H,36,37). The second kappa shape index (κ2) is 11.8. The maximum atomic E-state index is 14.6. The third-order valence-corrected chi connectivity index (χ3v) is 7.03. The van der Waals surface area contributed by atoms with Crippen molar-refractivity contribution < 1.29 is 23.5 Å². The monoisotopic (exact) mass is 663 g/mol. The summed E-state index contributed by atoms with van der Waals surface area (Å²) in [7, 11) is 1.51. The highest BCUT2D eigenvalue weighted by Gasteiger charge is 2.21. The van der Waals surface area contributed by atoms with Gasteiger partial charge in [0.2, 0.25) is 0 Å². The Balaban J connectivity index is 1.44. The topological polar surface area (TPSA) is 92.8 Å². The van der Waals surface area contributed by atoms with Crippen LogP contribution in [0.2, 0.25) is 0 Å². The van der Waals surface area contributed by atoms with Crippen molar-refractivity contribution in [1.82, 2.24) is 10.4 Å². The summed E-state index contributed by atoms with van der Waals surface area (Å²) in [6.45, 7) is 0. The van der Waals surface area contributed by atoms with Gasteiger partial charge in [0.1, 0.15) is 17.3 Å². The highest BCUT2D eigenvalue weighted by Crippen LogP contribution is 2.34. The quantitative estimate of drug-likeness (QED) is 0.0816. The number of hydrazone groups is 1. The van der Waals surface area contributed by atoms with E-state index < -0.39 is 17.7 Å². The molecule has 0 fully saturated rings. The van der Waals surface area contributed by atoms with E-state index in [1.165, 1.54) is 19.4 Å². The van der Waals surface area contributed by atoms with Gasteiger partial charge in [0.15, 0.2) is 5.75 Å². The maximum Gasteiger partial charge on any atom is 0.343 e. The normalized spacial score (nSPS) is 11.1. The average molecular weight is 665 g/mol.